The largest absolute Gasteiger partial charge is 0.423 e. The second-order valence-corrected chi connectivity index (χ2v) is 12.0. The van der Waals surface area contributed by atoms with Crippen LogP contribution in [0.4, 0.5) is 4.79 Å². The summed E-state index contributed by atoms with van der Waals surface area (Å²) in [5.41, 5.74) is 7.23. The number of hydrogen-bond acceptors (Lipinski definition) is 5. The number of benzene rings is 3. The molecule has 210 valence electrons. The van der Waals surface area contributed by atoms with Crippen LogP contribution >= 0.6 is 0 Å². The van der Waals surface area contributed by atoms with Crippen LogP contribution < -0.4 is 10.6 Å². The maximum atomic E-state index is 13.1. The zero-order valence-corrected chi connectivity index (χ0v) is 23.7. The lowest BCUT2D eigenvalue weighted by molar-refractivity contribution is -0.122. The lowest BCUT2D eigenvalue weighted by atomic mass is 9.87. The Morgan fingerprint density at radius 3 is 2.56 bits per heavy atom. The molecule has 0 radical (unpaired) electrons. The van der Waals surface area contributed by atoms with Crippen LogP contribution in [-0.2, 0) is 24.3 Å². The maximum Gasteiger partial charge on any atom is 0.318 e. The van der Waals surface area contributed by atoms with E-state index in [0.717, 1.165) is 34.2 Å². The van der Waals surface area contributed by atoms with Crippen LogP contribution in [0.25, 0.3) is 22.6 Å². The third kappa shape index (κ3) is 5.87. The number of nitrogens with one attached hydrogen (secondary N) is 2. The summed E-state index contributed by atoms with van der Waals surface area (Å²) in [5, 5.41) is 14.2. The average Bonchev–Trinajstić information content (AvgIpc) is 3.59. The third-order valence-corrected chi connectivity index (χ3v) is 7.87. The molecule has 2 N–H and O–H groups in total. The summed E-state index contributed by atoms with van der Waals surface area (Å²) in [6.07, 6.45) is 2.92. The second kappa shape index (κ2) is 10.8. The fraction of sp³-hybridized carbons (Fsp3) is 0.333. The molecule has 6 rings (SSSR count). The Balaban J connectivity index is 1.27. The monoisotopic (exact) mass is 549 g/mol. The number of amides is 3. The Morgan fingerprint density at radius 1 is 1.00 bits per heavy atom. The molecule has 2 atom stereocenters. The molecule has 0 spiro atoms. The van der Waals surface area contributed by atoms with Gasteiger partial charge in [0.25, 0.3) is 0 Å². The molecule has 4 aromatic rings. The molecule has 1 fully saturated rings. The minimum atomic E-state index is -0.329. The van der Waals surface area contributed by atoms with Gasteiger partial charge in [0.2, 0.25) is 18.2 Å². The van der Waals surface area contributed by atoms with E-state index in [9.17, 15) is 9.59 Å². The number of nitrogens with zero attached hydrogens (tertiary/aromatic N) is 3. The number of carbonyl (C=O) groups is 2. The molecule has 3 amide bonds. The molecule has 3 aromatic carbocycles. The summed E-state index contributed by atoms with van der Waals surface area (Å²) in [7, 11) is 0. The predicted molar refractivity (Wildman–Crippen MR) is 157 cm³/mol. The van der Waals surface area contributed by atoms with Crippen LogP contribution in [0.2, 0.25) is 0 Å². The fourth-order valence-electron chi connectivity index (χ4n) is 5.74. The molecule has 1 aromatic heterocycles. The van der Waals surface area contributed by atoms with Crippen molar-refractivity contribution in [3.63, 3.8) is 0 Å². The van der Waals surface area contributed by atoms with Gasteiger partial charge >= 0.3 is 6.03 Å². The lowest BCUT2D eigenvalue weighted by Crippen LogP contribution is -2.50. The Labute approximate surface area is 240 Å². The summed E-state index contributed by atoms with van der Waals surface area (Å²) in [4.78, 5) is 28.1. The number of hydrogen-bond donors (Lipinski definition) is 2. The zero-order chi connectivity index (χ0) is 28.6. The normalized spacial score (nSPS) is 18.0. The molecule has 8 nitrogen and oxygen atoms in total. The quantitative estimate of drug-likeness (QED) is 0.322. The molecular weight excluding hydrogens is 514 g/mol. The number of rotatable bonds is 6. The maximum absolute atomic E-state index is 13.1. The summed E-state index contributed by atoms with van der Waals surface area (Å²) >= 11 is 0. The number of carbonyl (C=O) groups excluding carboxylic acids is 2. The van der Waals surface area contributed by atoms with Crippen molar-refractivity contribution in [3.8, 4) is 22.6 Å². The van der Waals surface area contributed by atoms with Gasteiger partial charge in [0.05, 0.1) is 0 Å². The van der Waals surface area contributed by atoms with Crippen molar-refractivity contribution in [1.82, 2.24) is 25.7 Å². The molecule has 1 saturated carbocycles. The lowest BCUT2D eigenvalue weighted by Gasteiger charge is -2.34. The van der Waals surface area contributed by atoms with Crippen molar-refractivity contribution >= 4 is 11.9 Å². The van der Waals surface area contributed by atoms with Gasteiger partial charge in [-0.2, -0.15) is 0 Å². The minimum absolute atomic E-state index is 0.00833. The second-order valence-electron chi connectivity index (χ2n) is 12.0. The number of aromatic nitrogens is 2. The van der Waals surface area contributed by atoms with Gasteiger partial charge in [-0.1, -0.05) is 54.6 Å². The Morgan fingerprint density at radius 2 is 1.80 bits per heavy atom. The first-order chi connectivity index (χ1) is 19.8. The zero-order valence-electron chi connectivity index (χ0n) is 23.7. The minimum Gasteiger partial charge on any atom is -0.423 e. The van der Waals surface area contributed by atoms with Crippen molar-refractivity contribution < 1.29 is 14.0 Å². The number of fused-ring (bicyclic) bond motifs is 1. The molecule has 1 aliphatic heterocycles. The van der Waals surface area contributed by atoms with Crippen molar-refractivity contribution in [2.75, 3.05) is 6.54 Å². The molecule has 1 unspecified atom stereocenters. The van der Waals surface area contributed by atoms with Crippen LogP contribution in [0.3, 0.4) is 0 Å². The molecular formula is C33H35N5O3. The van der Waals surface area contributed by atoms with Crippen LogP contribution in [-0.4, -0.2) is 39.1 Å². The summed E-state index contributed by atoms with van der Waals surface area (Å²) in [5.74, 6) is 0.852. The van der Waals surface area contributed by atoms with E-state index >= 15 is 0 Å². The van der Waals surface area contributed by atoms with Gasteiger partial charge in [-0.15, -0.1) is 10.2 Å². The van der Waals surface area contributed by atoms with Crippen LogP contribution in [0, 0.1) is 5.92 Å². The summed E-state index contributed by atoms with van der Waals surface area (Å²) in [6.45, 7) is 7.48. The fourth-order valence-corrected chi connectivity index (χ4v) is 5.74. The molecule has 1 aliphatic carbocycles. The predicted octanol–water partition coefficient (Wildman–Crippen LogP) is 5.69. The van der Waals surface area contributed by atoms with Gasteiger partial charge in [-0.05, 0) is 85.0 Å². The van der Waals surface area contributed by atoms with Crippen molar-refractivity contribution in [3.05, 3.63) is 95.4 Å². The van der Waals surface area contributed by atoms with E-state index in [1.807, 2.05) is 56.0 Å². The van der Waals surface area contributed by atoms with Gasteiger partial charge < -0.3 is 20.0 Å². The van der Waals surface area contributed by atoms with Crippen LogP contribution in [0.1, 0.15) is 55.4 Å². The highest BCUT2D eigenvalue weighted by atomic mass is 16.4. The van der Waals surface area contributed by atoms with E-state index in [1.54, 1.807) is 0 Å². The SMILES string of the molecule is CC(C)(C)NC(=O)N1CCc2c(-c3cccc(-c4nnco4)c3)ccc(CNC(=O)C3C[C@@H]3c3ccccc3)c2C1. The standard InChI is InChI=1S/C33H35N5O3/c1-33(2,3)36-32(40)38-15-14-26-25(22-10-7-11-23(16-22)31-37-35-20-41-31)13-12-24(29(26)19-38)18-34-30(39)28-17-27(28)21-8-5-4-6-9-21/h4-13,16,20,27-28H,14-15,17-19H2,1-3H3,(H,34,39)(H,36,40)/t27-,28?/m1/s1. The summed E-state index contributed by atoms with van der Waals surface area (Å²) < 4.78 is 5.42. The number of urea groups is 1. The van der Waals surface area contributed by atoms with Gasteiger partial charge in [0, 0.05) is 36.7 Å². The van der Waals surface area contributed by atoms with Gasteiger partial charge in [-0.25, -0.2) is 4.79 Å². The van der Waals surface area contributed by atoms with E-state index in [4.69, 9.17) is 4.42 Å². The van der Waals surface area contributed by atoms with Crippen LogP contribution in [0.5, 0.6) is 0 Å². The van der Waals surface area contributed by atoms with E-state index in [-0.39, 0.29) is 29.3 Å². The van der Waals surface area contributed by atoms with Crippen molar-refractivity contribution in [1.29, 1.82) is 0 Å². The van der Waals surface area contributed by atoms with E-state index in [1.165, 1.54) is 17.5 Å². The Bertz CT molecular complexity index is 1560. The first-order valence-corrected chi connectivity index (χ1v) is 14.2. The van der Waals surface area contributed by atoms with Crippen LogP contribution in [0.15, 0.2) is 77.5 Å². The molecule has 41 heavy (non-hydrogen) atoms. The third-order valence-electron chi connectivity index (χ3n) is 7.87. The molecule has 0 bridgehead atoms. The van der Waals surface area contributed by atoms with E-state index in [0.29, 0.717) is 31.9 Å². The topological polar surface area (TPSA) is 100 Å². The van der Waals surface area contributed by atoms with Gasteiger partial charge in [0.1, 0.15) is 0 Å². The van der Waals surface area contributed by atoms with Gasteiger partial charge in [0.15, 0.2) is 0 Å². The molecule has 0 saturated heterocycles. The smallest absolute Gasteiger partial charge is 0.318 e. The highest BCUT2D eigenvalue weighted by Gasteiger charge is 2.43. The first-order valence-electron chi connectivity index (χ1n) is 14.2. The Hall–Kier alpha value is -4.46. The first kappa shape index (κ1) is 26.7. The Kier molecular flexibility index (Phi) is 7.07. The van der Waals surface area contributed by atoms with E-state index in [2.05, 4.69) is 57.2 Å². The summed E-state index contributed by atoms with van der Waals surface area (Å²) in [6, 6.07) is 22.4. The highest BCUT2D eigenvalue weighted by Crippen LogP contribution is 2.47. The average molecular weight is 550 g/mol. The molecule has 8 heteroatoms. The van der Waals surface area contributed by atoms with Crippen molar-refractivity contribution in [2.45, 2.75) is 58.2 Å². The highest BCUT2D eigenvalue weighted by molar-refractivity contribution is 5.83. The van der Waals surface area contributed by atoms with Crippen molar-refractivity contribution in [2.24, 2.45) is 5.92 Å². The molecule has 2 aliphatic rings. The van der Waals surface area contributed by atoms with Gasteiger partial charge in [-0.3, -0.25) is 4.79 Å². The van der Waals surface area contributed by atoms with E-state index < -0.39 is 0 Å². The molecule has 2 heterocycles.